The van der Waals surface area contributed by atoms with Gasteiger partial charge in [0.05, 0.1) is 19.1 Å². The zero-order valence-corrected chi connectivity index (χ0v) is 11.5. The second kappa shape index (κ2) is 7.26. The number of ether oxygens (including phenoxy) is 1. The van der Waals surface area contributed by atoms with Crippen molar-refractivity contribution in [2.45, 2.75) is 19.4 Å². The smallest absolute Gasteiger partial charge is 0.224 e. The van der Waals surface area contributed by atoms with Gasteiger partial charge in [-0.15, -0.1) is 0 Å². The van der Waals surface area contributed by atoms with E-state index in [1.165, 1.54) is 0 Å². The molecule has 0 spiro atoms. The Bertz CT molecular complexity index is 388. The molecule has 0 saturated carbocycles. The minimum absolute atomic E-state index is 0.0389. The molecule has 1 aromatic carbocycles. The van der Waals surface area contributed by atoms with Crippen LogP contribution in [-0.2, 0) is 9.53 Å². The van der Waals surface area contributed by atoms with Crippen LogP contribution in [0.5, 0.6) is 0 Å². The van der Waals surface area contributed by atoms with Gasteiger partial charge in [-0.3, -0.25) is 4.79 Å². The first-order chi connectivity index (χ1) is 9.27. The molecule has 4 nitrogen and oxygen atoms in total. The average Bonchev–Trinajstić information content (AvgIpc) is 2.49. The summed E-state index contributed by atoms with van der Waals surface area (Å²) in [7, 11) is 0. The second-order valence-corrected chi connectivity index (χ2v) is 4.80. The van der Waals surface area contributed by atoms with Gasteiger partial charge in [0.25, 0.3) is 0 Å². The number of carbonyl (C=O) groups is 1. The van der Waals surface area contributed by atoms with E-state index in [0.717, 1.165) is 31.7 Å². The van der Waals surface area contributed by atoms with Crippen LogP contribution in [0.25, 0.3) is 0 Å². The van der Waals surface area contributed by atoms with E-state index in [9.17, 15) is 4.79 Å². The normalized spacial score (nSPS) is 17.2. The van der Waals surface area contributed by atoms with Crippen LogP contribution < -0.4 is 5.32 Å². The summed E-state index contributed by atoms with van der Waals surface area (Å²) in [5, 5.41) is 3.24. The molecule has 4 heteroatoms. The van der Waals surface area contributed by atoms with E-state index >= 15 is 0 Å². The van der Waals surface area contributed by atoms with Gasteiger partial charge in [0.2, 0.25) is 5.91 Å². The standard InChI is InChI=1S/C15H22N2O2/c1-13(14-5-3-2-4-6-14)19-12-7-15(18)17-10-8-16-9-11-17/h2-6,13,16H,7-12H2,1H3. The van der Waals surface area contributed by atoms with E-state index < -0.39 is 0 Å². The molecule has 1 heterocycles. The fraction of sp³-hybridized carbons (Fsp3) is 0.533. The average molecular weight is 262 g/mol. The van der Waals surface area contributed by atoms with E-state index in [1.807, 2.05) is 42.2 Å². The molecule has 0 radical (unpaired) electrons. The first-order valence-electron chi connectivity index (χ1n) is 6.92. The molecule has 0 aromatic heterocycles. The number of rotatable bonds is 5. The van der Waals surface area contributed by atoms with Gasteiger partial charge in [-0.1, -0.05) is 30.3 Å². The lowest BCUT2D eigenvalue weighted by atomic mass is 10.1. The highest BCUT2D eigenvalue weighted by atomic mass is 16.5. The van der Waals surface area contributed by atoms with Gasteiger partial charge in [-0.05, 0) is 12.5 Å². The van der Waals surface area contributed by atoms with Crippen molar-refractivity contribution in [1.82, 2.24) is 10.2 Å². The summed E-state index contributed by atoms with van der Waals surface area (Å²) in [6.07, 6.45) is 0.508. The fourth-order valence-electron chi connectivity index (χ4n) is 2.22. The Morgan fingerprint density at radius 2 is 2.00 bits per heavy atom. The SMILES string of the molecule is CC(OCCC(=O)N1CCNCC1)c1ccccc1. The predicted molar refractivity (Wildman–Crippen MR) is 74.9 cm³/mol. The minimum atomic E-state index is 0.0389. The number of hydrogen-bond acceptors (Lipinski definition) is 3. The maximum Gasteiger partial charge on any atom is 0.224 e. The summed E-state index contributed by atoms with van der Waals surface area (Å²) >= 11 is 0. The third-order valence-electron chi connectivity index (χ3n) is 3.42. The van der Waals surface area contributed by atoms with Crippen LogP contribution in [-0.4, -0.2) is 43.6 Å². The van der Waals surface area contributed by atoms with Crippen molar-refractivity contribution in [2.24, 2.45) is 0 Å². The minimum Gasteiger partial charge on any atom is -0.373 e. The Morgan fingerprint density at radius 1 is 1.32 bits per heavy atom. The van der Waals surface area contributed by atoms with Crippen LogP contribution in [0.2, 0.25) is 0 Å². The van der Waals surface area contributed by atoms with Crippen LogP contribution in [0.1, 0.15) is 25.0 Å². The van der Waals surface area contributed by atoms with Gasteiger partial charge >= 0.3 is 0 Å². The maximum atomic E-state index is 11.9. The number of amides is 1. The van der Waals surface area contributed by atoms with Gasteiger partial charge in [-0.2, -0.15) is 0 Å². The molecule has 104 valence electrons. The first-order valence-corrected chi connectivity index (χ1v) is 6.92. The van der Waals surface area contributed by atoms with E-state index in [4.69, 9.17) is 4.74 Å². The fourth-order valence-corrected chi connectivity index (χ4v) is 2.22. The number of benzene rings is 1. The third kappa shape index (κ3) is 4.33. The highest BCUT2D eigenvalue weighted by molar-refractivity contribution is 5.76. The molecular weight excluding hydrogens is 240 g/mol. The summed E-state index contributed by atoms with van der Waals surface area (Å²) in [5.41, 5.74) is 1.15. The van der Waals surface area contributed by atoms with Crippen molar-refractivity contribution < 1.29 is 9.53 Å². The Morgan fingerprint density at radius 3 is 2.68 bits per heavy atom. The Kier molecular flexibility index (Phi) is 5.36. The molecule has 1 atom stereocenters. The topological polar surface area (TPSA) is 41.6 Å². The molecule has 1 fully saturated rings. The van der Waals surface area contributed by atoms with E-state index in [-0.39, 0.29) is 12.0 Å². The molecule has 19 heavy (non-hydrogen) atoms. The predicted octanol–water partition coefficient (Wildman–Crippen LogP) is 1.59. The molecule has 1 aliphatic heterocycles. The maximum absolute atomic E-state index is 11.9. The lowest BCUT2D eigenvalue weighted by Crippen LogP contribution is -2.46. The largest absolute Gasteiger partial charge is 0.373 e. The monoisotopic (exact) mass is 262 g/mol. The summed E-state index contributed by atoms with van der Waals surface area (Å²) in [4.78, 5) is 13.8. The second-order valence-electron chi connectivity index (χ2n) is 4.80. The van der Waals surface area contributed by atoms with Crippen molar-refractivity contribution >= 4 is 5.91 Å². The Balaban J connectivity index is 1.69. The van der Waals surface area contributed by atoms with Gasteiger partial charge < -0.3 is 15.0 Å². The Labute approximate surface area is 114 Å². The van der Waals surface area contributed by atoms with Crippen molar-refractivity contribution in [3.05, 3.63) is 35.9 Å². The van der Waals surface area contributed by atoms with Gasteiger partial charge in [-0.25, -0.2) is 0 Å². The Hall–Kier alpha value is -1.39. The number of nitrogens with one attached hydrogen (secondary N) is 1. The van der Waals surface area contributed by atoms with Crippen molar-refractivity contribution in [2.75, 3.05) is 32.8 Å². The highest BCUT2D eigenvalue weighted by Crippen LogP contribution is 2.16. The van der Waals surface area contributed by atoms with E-state index in [0.29, 0.717) is 13.0 Å². The molecule has 1 N–H and O–H groups in total. The van der Waals surface area contributed by atoms with Crippen molar-refractivity contribution in [1.29, 1.82) is 0 Å². The summed E-state index contributed by atoms with van der Waals surface area (Å²) in [6.45, 7) is 5.92. The van der Waals surface area contributed by atoms with Crippen molar-refractivity contribution in [3.8, 4) is 0 Å². The summed E-state index contributed by atoms with van der Waals surface area (Å²) < 4.78 is 5.73. The zero-order chi connectivity index (χ0) is 13.5. The number of hydrogen-bond donors (Lipinski definition) is 1. The van der Waals surface area contributed by atoms with E-state index in [2.05, 4.69) is 5.32 Å². The number of carbonyl (C=O) groups excluding carboxylic acids is 1. The molecule has 0 bridgehead atoms. The molecular formula is C15H22N2O2. The first kappa shape index (κ1) is 14.0. The molecule has 1 unspecified atom stereocenters. The third-order valence-corrected chi connectivity index (χ3v) is 3.42. The highest BCUT2D eigenvalue weighted by Gasteiger charge is 2.16. The van der Waals surface area contributed by atoms with Gasteiger partial charge in [0.1, 0.15) is 0 Å². The van der Waals surface area contributed by atoms with Crippen LogP contribution in [0.15, 0.2) is 30.3 Å². The summed E-state index contributed by atoms with van der Waals surface area (Å²) in [6, 6.07) is 10.1. The molecule has 2 rings (SSSR count). The quantitative estimate of drug-likeness (QED) is 0.876. The lowest BCUT2D eigenvalue weighted by Gasteiger charge is -2.27. The van der Waals surface area contributed by atoms with Crippen LogP contribution >= 0.6 is 0 Å². The molecule has 1 amide bonds. The van der Waals surface area contributed by atoms with Crippen LogP contribution in [0.3, 0.4) is 0 Å². The van der Waals surface area contributed by atoms with Gasteiger partial charge in [0.15, 0.2) is 0 Å². The molecule has 1 aliphatic rings. The molecule has 0 aliphatic carbocycles. The zero-order valence-electron chi connectivity index (χ0n) is 11.5. The summed E-state index contributed by atoms with van der Waals surface area (Å²) in [5.74, 6) is 0.196. The molecule has 1 saturated heterocycles. The lowest BCUT2D eigenvalue weighted by molar-refractivity contribution is -0.133. The number of nitrogens with zero attached hydrogens (tertiary/aromatic N) is 1. The van der Waals surface area contributed by atoms with Gasteiger partial charge in [0, 0.05) is 26.2 Å². The van der Waals surface area contributed by atoms with Crippen LogP contribution in [0, 0.1) is 0 Å². The van der Waals surface area contributed by atoms with Crippen LogP contribution in [0.4, 0.5) is 0 Å². The van der Waals surface area contributed by atoms with Crippen molar-refractivity contribution in [3.63, 3.8) is 0 Å². The number of piperazine rings is 1. The van der Waals surface area contributed by atoms with E-state index in [1.54, 1.807) is 0 Å². The molecule has 1 aromatic rings.